The number of hydroxylamine groups is 2. The first kappa shape index (κ1) is 25.7. The Morgan fingerprint density at radius 3 is 2.76 bits per heavy atom. The fourth-order valence-electron chi connectivity index (χ4n) is 3.39. The van der Waals surface area contributed by atoms with Crippen molar-refractivity contribution < 1.29 is 47.7 Å². The van der Waals surface area contributed by atoms with E-state index in [4.69, 9.17) is 18.7 Å². The maximum Gasteiger partial charge on any atom is 0.697 e. The Bertz CT molecular complexity index is 1010. The molecule has 5 atom stereocenters. The van der Waals surface area contributed by atoms with Crippen molar-refractivity contribution in [3.63, 3.8) is 0 Å². The molecule has 13 heteroatoms. The molecular formula is C21H24N2O10P+. The lowest BCUT2D eigenvalue weighted by Crippen LogP contribution is -2.47. The van der Waals surface area contributed by atoms with Gasteiger partial charge in [0.2, 0.25) is 0 Å². The first-order valence-corrected chi connectivity index (χ1v) is 11.2. The monoisotopic (exact) mass is 495 g/mol. The van der Waals surface area contributed by atoms with E-state index in [0.717, 1.165) is 6.20 Å². The standard InChI is InChI=1S/C21H23N2O10P/c1-22-18(25)15(9-6-10-30-20(26)14-7-4-3-5-8-14)11-23(27)19-16-17(33-34(28)29-2)21(12-24,32-19)13-31-16/h3-5,7-8,11,16-17,19,24,27H,10,12-13H2,1-2H3/p+1. The molecule has 5 unspecified atom stereocenters. The van der Waals surface area contributed by atoms with Crippen LogP contribution in [0.1, 0.15) is 10.4 Å². The van der Waals surface area contributed by atoms with Crippen LogP contribution in [0, 0.1) is 11.8 Å². The van der Waals surface area contributed by atoms with E-state index in [1.165, 1.54) is 14.2 Å². The Kier molecular flexibility index (Phi) is 8.71. The van der Waals surface area contributed by atoms with E-state index < -0.39 is 50.8 Å². The first-order valence-electron chi connectivity index (χ1n) is 10.1. The normalized spacial score (nSPS) is 25.8. The zero-order chi connectivity index (χ0) is 24.7. The lowest BCUT2D eigenvalue weighted by molar-refractivity contribution is -0.261. The van der Waals surface area contributed by atoms with Gasteiger partial charge in [-0.15, -0.1) is 9.05 Å². The number of hydrogen-bond acceptors (Lipinski definition) is 11. The minimum atomic E-state index is -2.51. The Labute approximate surface area is 196 Å². The van der Waals surface area contributed by atoms with E-state index >= 15 is 0 Å². The highest BCUT2D eigenvalue weighted by atomic mass is 31.1. The third kappa shape index (κ3) is 5.60. The van der Waals surface area contributed by atoms with E-state index in [1.807, 2.05) is 0 Å². The van der Waals surface area contributed by atoms with E-state index in [2.05, 4.69) is 21.7 Å². The van der Waals surface area contributed by atoms with Gasteiger partial charge < -0.3 is 24.6 Å². The average Bonchev–Trinajstić information content (AvgIpc) is 3.37. The highest BCUT2D eigenvalue weighted by Crippen LogP contribution is 2.46. The van der Waals surface area contributed by atoms with Crippen molar-refractivity contribution in [2.24, 2.45) is 0 Å². The summed E-state index contributed by atoms with van der Waals surface area (Å²) in [6.45, 7) is -0.897. The zero-order valence-corrected chi connectivity index (χ0v) is 19.3. The van der Waals surface area contributed by atoms with Crippen molar-refractivity contribution in [1.82, 2.24) is 10.4 Å². The predicted octanol–water partition coefficient (Wildman–Crippen LogP) is 0.343. The molecule has 1 amide bonds. The van der Waals surface area contributed by atoms with Gasteiger partial charge in [0, 0.05) is 11.6 Å². The zero-order valence-electron chi connectivity index (χ0n) is 18.4. The van der Waals surface area contributed by atoms with Gasteiger partial charge in [-0.1, -0.05) is 30.0 Å². The number of benzene rings is 1. The van der Waals surface area contributed by atoms with Crippen LogP contribution in [0.25, 0.3) is 0 Å². The number of carbonyl (C=O) groups excluding carboxylic acids is 2. The molecule has 182 valence electrons. The van der Waals surface area contributed by atoms with Crippen LogP contribution in [-0.4, -0.2) is 85.3 Å². The predicted molar refractivity (Wildman–Crippen MR) is 114 cm³/mol. The Hall–Kier alpha value is -2.88. The van der Waals surface area contributed by atoms with Gasteiger partial charge in [-0.25, -0.2) is 9.86 Å². The molecule has 0 spiro atoms. The first-order chi connectivity index (χ1) is 16.3. The van der Waals surface area contributed by atoms with Crippen molar-refractivity contribution in [3.8, 4) is 11.8 Å². The quantitative estimate of drug-likeness (QED) is 0.143. The topological polar surface area (TPSA) is 153 Å². The largest absolute Gasteiger partial charge is 0.697 e. The second-order valence-electron chi connectivity index (χ2n) is 7.18. The maximum absolute atomic E-state index is 12.2. The number of fused-ring (bicyclic) bond motifs is 2. The molecule has 0 saturated carbocycles. The third-order valence-corrected chi connectivity index (χ3v) is 5.79. The molecule has 1 aromatic carbocycles. The van der Waals surface area contributed by atoms with Gasteiger partial charge in [0.1, 0.15) is 11.7 Å². The van der Waals surface area contributed by atoms with E-state index in [-0.39, 0.29) is 18.8 Å². The number of aliphatic hydroxyl groups excluding tert-OH is 1. The molecule has 3 N–H and O–H groups in total. The van der Waals surface area contributed by atoms with Crippen LogP contribution in [0.4, 0.5) is 0 Å². The number of likely N-dealkylation sites (N-methyl/N-ethyl adjacent to an activating group) is 1. The third-order valence-electron chi connectivity index (χ3n) is 5.09. The summed E-state index contributed by atoms with van der Waals surface area (Å²) in [5, 5.41) is 23.3. The number of nitrogens with zero attached hydrogens (tertiary/aromatic N) is 1. The fourth-order valence-corrected chi connectivity index (χ4v) is 3.98. The molecule has 0 aromatic heterocycles. The summed E-state index contributed by atoms with van der Waals surface area (Å²) < 4.78 is 38.0. The summed E-state index contributed by atoms with van der Waals surface area (Å²) in [6.07, 6.45) is -2.16. The number of esters is 1. The van der Waals surface area contributed by atoms with Gasteiger partial charge >= 0.3 is 14.2 Å². The molecule has 12 nitrogen and oxygen atoms in total. The molecule has 0 radical (unpaired) electrons. The summed E-state index contributed by atoms with van der Waals surface area (Å²) in [6, 6.07) is 8.32. The summed E-state index contributed by atoms with van der Waals surface area (Å²) in [5.41, 5.74) is -1.20. The van der Waals surface area contributed by atoms with Crippen molar-refractivity contribution in [2.75, 3.05) is 34.0 Å². The molecule has 0 aliphatic carbocycles. The van der Waals surface area contributed by atoms with E-state index in [9.17, 15) is 24.5 Å². The Morgan fingerprint density at radius 2 is 2.12 bits per heavy atom. The smallest absolute Gasteiger partial charge is 0.449 e. The van der Waals surface area contributed by atoms with Gasteiger partial charge in [-0.3, -0.25) is 10.0 Å². The molecule has 3 rings (SSSR count). The summed E-state index contributed by atoms with van der Waals surface area (Å²) in [5.74, 6) is 3.86. The average molecular weight is 495 g/mol. The van der Waals surface area contributed by atoms with Gasteiger partial charge in [0.05, 0.1) is 32.1 Å². The maximum atomic E-state index is 12.2. The molecule has 2 aliphatic rings. The molecule has 2 saturated heterocycles. The highest BCUT2D eigenvalue weighted by Gasteiger charge is 2.66. The van der Waals surface area contributed by atoms with E-state index in [1.54, 1.807) is 30.3 Å². The van der Waals surface area contributed by atoms with Crippen molar-refractivity contribution in [2.45, 2.75) is 24.0 Å². The van der Waals surface area contributed by atoms with Crippen LogP contribution in [0.5, 0.6) is 0 Å². The molecule has 2 fully saturated rings. The molecule has 2 bridgehead atoms. The molecule has 2 heterocycles. The summed E-state index contributed by atoms with van der Waals surface area (Å²) in [7, 11) is 0.0553. The highest BCUT2D eigenvalue weighted by molar-refractivity contribution is 7.33. The number of amides is 1. The van der Waals surface area contributed by atoms with Crippen molar-refractivity contribution in [1.29, 1.82) is 0 Å². The second-order valence-corrected chi connectivity index (χ2v) is 8.21. The van der Waals surface area contributed by atoms with Crippen LogP contribution in [0.2, 0.25) is 0 Å². The summed E-state index contributed by atoms with van der Waals surface area (Å²) >= 11 is 0. The number of aliphatic hydroxyl groups is 1. The van der Waals surface area contributed by atoms with Gasteiger partial charge in [0.25, 0.3) is 5.91 Å². The number of rotatable bonds is 9. The number of carbonyl (C=O) groups is 2. The van der Waals surface area contributed by atoms with Crippen LogP contribution in [-0.2, 0) is 32.6 Å². The van der Waals surface area contributed by atoms with Crippen LogP contribution in [0.3, 0.4) is 0 Å². The van der Waals surface area contributed by atoms with Crippen LogP contribution < -0.4 is 5.32 Å². The van der Waals surface area contributed by atoms with Crippen molar-refractivity contribution in [3.05, 3.63) is 47.7 Å². The molecule has 2 aliphatic heterocycles. The van der Waals surface area contributed by atoms with Gasteiger partial charge in [0.15, 0.2) is 24.5 Å². The molecule has 34 heavy (non-hydrogen) atoms. The lowest BCUT2D eigenvalue weighted by Gasteiger charge is -2.31. The van der Waals surface area contributed by atoms with Crippen LogP contribution in [0.15, 0.2) is 42.1 Å². The van der Waals surface area contributed by atoms with Gasteiger partial charge in [-0.2, -0.15) is 0 Å². The minimum Gasteiger partial charge on any atom is -0.449 e. The molecular weight excluding hydrogens is 471 g/mol. The fraction of sp³-hybridized carbons (Fsp3) is 0.429. The van der Waals surface area contributed by atoms with Crippen molar-refractivity contribution >= 4 is 20.1 Å². The lowest BCUT2D eigenvalue weighted by atomic mass is 10.0. The summed E-state index contributed by atoms with van der Waals surface area (Å²) in [4.78, 5) is 24.2. The SMILES string of the molecule is CNC(=O)C(C#CCOC(=O)c1ccccc1)=CN(O)C1OC2(CO)COC1C2O[P+](=O)OC. The van der Waals surface area contributed by atoms with E-state index in [0.29, 0.717) is 10.6 Å². The molecule has 1 aromatic rings. The minimum absolute atomic E-state index is 0.0608. The number of ether oxygens (including phenoxy) is 3. The second kappa shape index (κ2) is 11.5. The Morgan fingerprint density at radius 1 is 1.38 bits per heavy atom. The number of nitrogens with one attached hydrogen (secondary N) is 1. The van der Waals surface area contributed by atoms with Gasteiger partial charge in [-0.05, 0) is 12.1 Å². The number of hydrogen-bond donors (Lipinski definition) is 3. The van der Waals surface area contributed by atoms with Crippen LogP contribution >= 0.6 is 8.25 Å². The Balaban J connectivity index is 1.71.